The number of hydrogen-bond acceptors (Lipinski definition) is 5. The van der Waals surface area contributed by atoms with E-state index < -0.39 is 11.3 Å². The Kier molecular flexibility index (Phi) is 4.87. The molecule has 0 aromatic carbocycles. The number of rotatable bonds is 6. The van der Waals surface area contributed by atoms with Gasteiger partial charge in [0.15, 0.2) is 5.16 Å². The van der Waals surface area contributed by atoms with Crippen LogP contribution in [0.5, 0.6) is 0 Å². The summed E-state index contributed by atoms with van der Waals surface area (Å²) in [5.41, 5.74) is 5.02. The minimum absolute atomic E-state index is 0.0423. The number of thioether (sulfide) groups is 1. The third-order valence-electron chi connectivity index (χ3n) is 3.35. The topological polar surface area (TPSA) is 103 Å². The van der Waals surface area contributed by atoms with Gasteiger partial charge in [0.2, 0.25) is 5.91 Å². The maximum atomic E-state index is 12.1. The summed E-state index contributed by atoms with van der Waals surface area (Å²) in [6.07, 6.45) is 2.30. The van der Waals surface area contributed by atoms with Gasteiger partial charge in [-0.15, -0.1) is 10.2 Å². The molecule has 1 atom stereocenters. The molecular weight excluding hydrogens is 290 g/mol. The van der Waals surface area contributed by atoms with E-state index in [1.54, 1.807) is 0 Å². The zero-order valence-corrected chi connectivity index (χ0v) is 13.3. The molecule has 1 aromatic heterocycles. The van der Waals surface area contributed by atoms with Gasteiger partial charge >= 0.3 is 6.03 Å². The molecule has 1 aliphatic rings. The van der Waals surface area contributed by atoms with Crippen molar-refractivity contribution in [3.05, 3.63) is 5.82 Å². The maximum absolute atomic E-state index is 12.1. The summed E-state index contributed by atoms with van der Waals surface area (Å²) < 4.78 is 2.05. The Morgan fingerprint density at radius 1 is 1.43 bits per heavy atom. The van der Waals surface area contributed by atoms with Crippen LogP contribution in [-0.4, -0.2) is 32.0 Å². The molecule has 0 spiro atoms. The second kappa shape index (κ2) is 6.46. The fourth-order valence-corrected chi connectivity index (χ4v) is 3.23. The Hall–Kier alpha value is -1.57. The molecule has 0 bridgehead atoms. The summed E-state index contributed by atoms with van der Waals surface area (Å²) in [7, 11) is 0. The summed E-state index contributed by atoms with van der Waals surface area (Å²) >= 11 is 1.33. The molecule has 3 N–H and O–H groups in total. The first-order valence-electron chi connectivity index (χ1n) is 7.14. The van der Waals surface area contributed by atoms with Crippen LogP contribution in [0.3, 0.4) is 0 Å². The first kappa shape index (κ1) is 15.8. The van der Waals surface area contributed by atoms with E-state index in [4.69, 9.17) is 5.73 Å². The monoisotopic (exact) mass is 311 g/mol. The minimum atomic E-state index is -0.832. The van der Waals surface area contributed by atoms with Gasteiger partial charge in [0.25, 0.3) is 0 Å². The predicted octanol–water partition coefficient (Wildman–Crippen LogP) is 1.49. The lowest BCUT2D eigenvalue weighted by Crippen LogP contribution is -2.42. The van der Waals surface area contributed by atoms with E-state index in [0.29, 0.717) is 5.92 Å². The van der Waals surface area contributed by atoms with E-state index in [0.717, 1.165) is 30.4 Å². The average molecular weight is 311 g/mol. The highest BCUT2D eigenvalue weighted by atomic mass is 32.2. The molecule has 8 heteroatoms. The fraction of sp³-hybridized carbons (Fsp3) is 0.692. The van der Waals surface area contributed by atoms with Crippen LogP contribution in [0, 0.1) is 5.92 Å². The Morgan fingerprint density at radius 2 is 2.10 bits per heavy atom. The zero-order chi connectivity index (χ0) is 15.6. The molecule has 116 valence electrons. The van der Waals surface area contributed by atoms with Crippen molar-refractivity contribution in [3.63, 3.8) is 0 Å². The van der Waals surface area contributed by atoms with Crippen molar-refractivity contribution in [3.8, 4) is 0 Å². The molecule has 0 saturated heterocycles. The Bertz CT molecular complexity index is 539. The molecule has 3 amide bonds. The summed E-state index contributed by atoms with van der Waals surface area (Å²) in [5, 5.41) is 10.9. The van der Waals surface area contributed by atoms with Gasteiger partial charge in [-0.2, -0.15) is 0 Å². The number of nitrogens with zero attached hydrogens (tertiary/aromatic N) is 3. The molecule has 0 radical (unpaired) electrons. The van der Waals surface area contributed by atoms with E-state index in [1.807, 2.05) is 20.8 Å². The lowest BCUT2D eigenvalue weighted by molar-refractivity contribution is -0.120. The van der Waals surface area contributed by atoms with Crippen molar-refractivity contribution in [1.82, 2.24) is 20.1 Å². The molecule has 1 fully saturated rings. The van der Waals surface area contributed by atoms with E-state index in [-0.39, 0.29) is 11.8 Å². The van der Waals surface area contributed by atoms with Gasteiger partial charge in [-0.3, -0.25) is 10.1 Å². The van der Waals surface area contributed by atoms with Gasteiger partial charge in [-0.1, -0.05) is 25.6 Å². The smallest absolute Gasteiger partial charge is 0.318 e. The molecule has 0 unspecified atom stereocenters. The quantitative estimate of drug-likeness (QED) is 0.775. The molecule has 1 aliphatic carbocycles. The van der Waals surface area contributed by atoms with Crippen LogP contribution in [-0.2, 0) is 11.3 Å². The standard InChI is InChI=1S/C13H21N5O2S/c1-4-18-10(8-5-6-8)16-17-13(18)21-9(7(2)3)11(19)15-12(14)20/h7-9H,4-6H2,1-3H3,(H3,14,15,19,20)/t9-/m1/s1. The lowest BCUT2D eigenvalue weighted by atomic mass is 10.1. The number of imide groups is 1. The molecule has 1 aromatic rings. The van der Waals surface area contributed by atoms with Crippen molar-refractivity contribution in [2.45, 2.75) is 56.5 Å². The summed E-state index contributed by atoms with van der Waals surface area (Å²) in [6.45, 7) is 6.65. The Labute approximate surface area is 128 Å². The first-order valence-corrected chi connectivity index (χ1v) is 8.02. The third kappa shape index (κ3) is 3.75. The molecule has 2 rings (SSSR count). The number of urea groups is 1. The first-order chi connectivity index (χ1) is 9.93. The van der Waals surface area contributed by atoms with Gasteiger partial charge in [0.1, 0.15) is 5.82 Å². The molecule has 0 aliphatic heterocycles. The molecule has 1 heterocycles. The highest BCUT2D eigenvalue weighted by molar-refractivity contribution is 8.00. The van der Waals surface area contributed by atoms with Gasteiger partial charge in [0.05, 0.1) is 5.25 Å². The van der Waals surface area contributed by atoms with E-state index in [2.05, 4.69) is 20.1 Å². The maximum Gasteiger partial charge on any atom is 0.318 e. The number of nitrogens with two attached hydrogens (primary N) is 1. The molecule has 7 nitrogen and oxygen atoms in total. The minimum Gasteiger partial charge on any atom is -0.351 e. The van der Waals surface area contributed by atoms with E-state index >= 15 is 0 Å². The number of carbonyl (C=O) groups is 2. The molecule has 1 saturated carbocycles. The second-order valence-electron chi connectivity index (χ2n) is 5.50. The van der Waals surface area contributed by atoms with Crippen molar-refractivity contribution >= 4 is 23.7 Å². The van der Waals surface area contributed by atoms with Gasteiger partial charge < -0.3 is 10.3 Å². The van der Waals surface area contributed by atoms with Gasteiger partial charge in [-0.25, -0.2) is 4.79 Å². The zero-order valence-electron chi connectivity index (χ0n) is 12.5. The van der Waals surface area contributed by atoms with Crippen LogP contribution >= 0.6 is 11.8 Å². The van der Waals surface area contributed by atoms with Crippen LogP contribution in [0.15, 0.2) is 5.16 Å². The number of hydrogen-bond donors (Lipinski definition) is 2. The molecular formula is C13H21N5O2S. The largest absolute Gasteiger partial charge is 0.351 e. The molecule has 21 heavy (non-hydrogen) atoms. The second-order valence-corrected chi connectivity index (χ2v) is 6.60. The Morgan fingerprint density at radius 3 is 2.57 bits per heavy atom. The fourth-order valence-electron chi connectivity index (χ4n) is 2.13. The normalized spacial score (nSPS) is 16.0. The van der Waals surface area contributed by atoms with Crippen molar-refractivity contribution < 1.29 is 9.59 Å². The highest BCUT2D eigenvalue weighted by Gasteiger charge is 2.32. The van der Waals surface area contributed by atoms with Crippen LogP contribution in [0.25, 0.3) is 0 Å². The van der Waals surface area contributed by atoms with Gasteiger partial charge in [0, 0.05) is 12.5 Å². The van der Waals surface area contributed by atoms with E-state index in [1.165, 1.54) is 11.8 Å². The van der Waals surface area contributed by atoms with Crippen molar-refractivity contribution in [2.75, 3.05) is 0 Å². The SMILES string of the molecule is CCn1c(S[C@@H](C(=O)NC(N)=O)C(C)C)nnc1C1CC1. The van der Waals surface area contributed by atoms with Crippen LogP contribution in [0.4, 0.5) is 4.79 Å². The van der Waals surface area contributed by atoms with Gasteiger partial charge in [-0.05, 0) is 25.7 Å². The van der Waals surface area contributed by atoms with Crippen LogP contribution in [0.2, 0.25) is 0 Å². The lowest BCUT2D eigenvalue weighted by Gasteiger charge is -2.18. The van der Waals surface area contributed by atoms with Crippen LogP contribution in [0.1, 0.15) is 45.4 Å². The van der Waals surface area contributed by atoms with Crippen molar-refractivity contribution in [2.24, 2.45) is 11.7 Å². The summed E-state index contributed by atoms with van der Waals surface area (Å²) in [6, 6.07) is -0.832. The number of primary amides is 1. The highest BCUT2D eigenvalue weighted by Crippen LogP contribution is 2.40. The summed E-state index contributed by atoms with van der Waals surface area (Å²) in [4.78, 5) is 22.9. The number of aromatic nitrogens is 3. The number of nitrogens with one attached hydrogen (secondary N) is 1. The van der Waals surface area contributed by atoms with Crippen molar-refractivity contribution in [1.29, 1.82) is 0 Å². The van der Waals surface area contributed by atoms with Crippen LogP contribution < -0.4 is 11.1 Å². The Balaban J connectivity index is 2.16. The third-order valence-corrected chi connectivity index (χ3v) is 4.87. The number of amides is 3. The summed E-state index contributed by atoms with van der Waals surface area (Å²) in [5.74, 6) is 1.16. The average Bonchev–Trinajstić information content (AvgIpc) is 3.15. The predicted molar refractivity (Wildman–Crippen MR) is 79.9 cm³/mol. The number of carbonyl (C=O) groups excluding carboxylic acids is 2. The van der Waals surface area contributed by atoms with E-state index in [9.17, 15) is 9.59 Å².